The largest absolute Gasteiger partial charge is 0.388 e. The van der Waals surface area contributed by atoms with Crippen molar-refractivity contribution in [1.29, 1.82) is 0 Å². The van der Waals surface area contributed by atoms with Crippen LogP contribution < -0.4 is 4.90 Å². The van der Waals surface area contributed by atoms with Gasteiger partial charge in [-0.1, -0.05) is 12.1 Å². The number of benzene rings is 1. The van der Waals surface area contributed by atoms with Crippen LogP contribution in [-0.4, -0.2) is 19.2 Å². The van der Waals surface area contributed by atoms with E-state index >= 15 is 0 Å². The van der Waals surface area contributed by atoms with Gasteiger partial charge in [-0.3, -0.25) is 0 Å². The second kappa shape index (κ2) is 5.87. The summed E-state index contributed by atoms with van der Waals surface area (Å²) in [6.07, 6.45) is 0.226. The predicted octanol–water partition coefficient (Wildman–Crippen LogP) is 3.85. The van der Waals surface area contributed by atoms with Gasteiger partial charge in [0, 0.05) is 31.1 Å². The number of hydrogen-bond donors (Lipinski definition) is 1. The van der Waals surface area contributed by atoms with E-state index in [2.05, 4.69) is 15.9 Å². The maximum absolute atomic E-state index is 10.2. The van der Waals surface area contributed by atoms with Gasteiger partial charge in [0.05, 0.1) is 9.89 Å². The SMILES string of the molecule is CN(C)c1ccc(C(O)Cc2ccc(Br)s2)cc1. The van der Waals surface area contributed by atoms with Gasteiger partial charge in [-0.15, -0.1) is 11.3 Å². The first-order chi connectivity index (χ1) is 8.56. The first kappa shape index (κ1) is 13.6. The third kappa shape index (κ3) is 3.34. The van der Waals surface area contributed by atoms with Crippen molar-refractivity contribution >= 4 is 33.0 Å². The Hall–Kier alpha value is -0.840. The molecular formula is C14H16BrNOS. The fourth-order valence-electron chi connectivity index (χ4n) is 1.76. The zero-order valence-corrected chi connectivity index (χ0v) is 12.8. The third-order valence-corrected chi connectivity index (χ3v) is 4.46. The highest BCUT2D eigenvalue weighted by Crippen LogP contribution is 2.27. The second-order valence-electron chi connectivity index (χ2n) is 4.41. The molecule has 0 aliphatic carbocycles. The summed E-state index contributed by atoms with van der Waals surface area (Å²) in [6.45, 7) is 0. The molecule has 96 valence electrons. The summed E-state index contributed by atoms with van der Waals surface area (Å²) in [7, 11) is 4.02. The number of aliphatic hydroxyl groups is 1. The molecule has 2 nitrogen and oxygen atoms in total. The highest BCUT2D eigenvalue weighted by Gasteiger charge is 2.10. The average Bonchev–Trinajstić information content (AvgIpc) is 2.75. The molecule has 1 aromatic carbocycles. The summed E-state index contributed by atoms with van der Waals surface area (Å²) >= 11 is 5.10. The molecule has 4 heteroatoms. The summed E-state index contributed by atoms with van der Waals surface area (Å²) in [6, 6.07) is 12.1. The lowest BCUT2D eigenvalue weighted by molar-refractivity contribution is 0.179. The topological polar surface area (TPSA) is 23.5 Å². The van der Waals surface area contributed by atoms with Crippen LogP contribution in [0.3, 0.4) is 0 Å². The van der Waals surface area contributed by atoms with Crippen molar-refractivity contribution in [3.8, 4) is 0 Å². The van der Waals surface area contributed by atoms with Crippen molar-refractivity contribution in [2.24, 2.45) is 0 Å². The Morgan fingerprint density at radius 2 is 1.83 bits per heavy atom. The monoisotopic (exact) mass is 325 g/mol. The number of aliphatic hydroxyl groups excluding tert-OH is 1. The molecule has 1 heterocycles. The van der Waals surface area contributed by atoms with Crippen molar-refractivity contribution in [2.75, 3.05) is 19.0 Å². The molecule has 2 aromatic rings. The van der Waals surface area contributed by atoms with Crippen molar-refractivity contribution < 1.29 is 5.11 Å². The lowest BCUT2D eigenvalue weighted by Gasteiger charge is -2.14. The van der Waals surface area contributed by atoms with E-state index in [-0.39, 0.29) is 0 Å². The summed E-state index contributed by atoms with van der Waals surface area (Å²) in [4.78, 5) is 3.23. The van der Waals surface area contributed by atoms with Gasteiger partial charge in [-0.25, -0.2) is 0 Å². The molecule has 0 saturated carbocycles. The number of nitrogens with zero attached hydrogens (tertiary/aromatic N) is 1. The molecule has 2 rings (SSSR count). The molecule has 0 aliphatic heterocycles. The van der Waals surface area contributed by atoms with Gasteiger partial charge in [0.15, 0.2) is 0 Å². The molecule has 0 radical (unpaired) electrons. The van der Waals surface area contributed by atoms with Crippen molar-refractivity contribution in [3.63, 3.8) is 0 Å². The van der Waals surface area contributed by atoms with Crippen molar-refractivity contribution in [2.45, 2.75) is 12.5 Å². The normalized spacial score (nSPS) is 12.4. The lowest BCUT2D eigenvalue weighted by Crippen LogP contribution is -2.08. The van der Waals surface area contributed by atoms with Gasteiger partial charge in [0.2, 0.25) is 0 Å². The summed E-state index contributed by atoms with van der Waals surface area (Å²) in [5, 5.41) is 10.2. The van der Waals surface area contributed by atoms with E-state index in [1.807, 2.05) is 55.4 Å². The van der Waals surface area contributed by atoms with Crippen LogP contribution in [0.25, 0.3) is 0 Å². The molecular weight excluding hydrogens is 310 g/mol. The third-order valence-electron chi connectivity index (χ3n) is 2.82. The Labute approximate surface area is 120 Å². The van der Waals surface area contributed by atoms with Gasteiger partial charge >= 0.3 is 0 Å². The number of hydrogen-bond acceptors (Lipinski definition) is 3. The van der Waals surface area contributed by atoms with E-state index in [1.54, 1.807) is 11.3 Å². The molecule has 18 heavy (non-hydrogen) atoms. The smallest absolute Gasteiger partial charge is 0.0838 e. The Balaban J connectivity index is 2.06. The van der Waals surface area contributed by atoms with E-state index in [0.29, 0.717) is 6.42 Å². The summed E-state index contributed by atoms with van der Waals surface area (Å²) in [5.74, 6) is 0. The van der Waals surface area contributed by atoms with Gasteiger partial charge in [-0.05, 0) is 45.8 Å². The van der Waals surface area contributed by atoms with E-state index in [0.717, 1.165) is 15.0 Å². The Morgan fingerprint density at radius 1 is 1.17 bits per heavy atom. The first-order valence-electron chi connectivity index (χ1n) is 5.76. The number of rotatable bonds is 4. The minimum absolute atomic E-state index is 0.438. The molecule has 1 unspecified atom stereocenters. The van der Waals surface area contributed by atoms with Crippen LogP contribution in [0.4, 0.5) is 5.69 Å². The Bertz CT molecular complexity index is 507. The molecule has 0 bridgehead atoms. The maximum atomic E-state index is 10.2. The van der Waals surface area contributed by atoms with E-state index in [9.17, 15) is 5.11 Å². The molecule has 1 N–H and O–H groups in total. The average molecular weight is 326 g/mol. The lowest BCUT2D eigenvalue weighted by atomic mass is 10.1. The minimum atomic E-state index is -0.438. The molecule has 0 fully saturated rings. The quantitative estimate of drug-likeness (QED) is 0.922. The van der Waals surface area contributed by atoms with Gasteiger partial charge in [0.25, 0.3) is 0 Å². The van der Waals surface area contributed by atoms with Crippen molar-refractivity contribution in [1.82, 2.24) is 0 Å². The zero-order chi connectivity index (χ0) is 13.1. The van der Waals surface area contributed by atoms with Crippen LogP contribution in [-0.2, 0) is 6.42 Å². The van der Waals surface area contributed by atoms with Crippen LogP contribution in [0.2, 0.25) is 0 Å². The highest BCUT2D eigenvalue weighted by molar-refractivity contribution is 9.11. The van der Waals surface area contributed by atoms with Crippen LogP contribution in [0.5, 0.6) is 0 Å². The molecule has 0 saturated heterocycles. The maximum Gasteiger partial charge on any atom is 0.0838 e. The van der Waals surface area contributed by atoms with Crippen LogP contribution in [0, 0.1) is 0 Å². The molecule has 1 aromatic heterocycles. The Kier molecular flexibility index (Phi) is 4.43. The minimum Gasteiger partial charge on any atom is -0.388 e. The van der Waals surface area contributed by atoms with Gasteiger partial charge < -0.3 is 10.0 Å². The van der Waals surface area contributed by atoms with Crippen LogP contribution >= 0.6 is 27.3 Å². The number of thiophene rings is 1. The van der Waals surface area contributed by atoms with Gasteiger partial charge in [0.1, 0.15) is 0 Å². The second-order valence-corrected chi connectivity index (χ2v) is 6.96. The van der Waals surface area contributed by atoms with Crippen LogP contribution in [0.1, 0.15) is 16.5 Å². The summed E-state index contributed by atoms with van der Waals surface area (Å²) < 4.78 is 1.10. The predicted molar refractivity (Wildman–Crippen MR) is 81.5 cm³/mol. The van der Waals surface area contributed by atoms with Crippen molar-refractivity contribution in [3.05, 3.63) is 50.6 Å². The van der Waals surface area contributed by atoms with E-state index in [1.165, 1.54) is 4.88 Å². The molecule has 0 aliphatic rings. The molecule has 0 spiro atoms. The van der Waals surface area contributed by atoms with Gasteiger partial charge in [-0.2, -0.15) is 0 Å². The first-order valence-corrected chi connectivity index (χ1v) is 7.37. The van der Waals surface area contributed by atoms with E-state index < -0.39 is 6.10 Å². The molecule has 0 amide bonds. The highest BCUT2D eigenvalue weighted by atomic mass is 79.9. The molecule has 1 atom stereocenters. The Morgan fingerprint density at radius 3 is 2.33 bits per heavy atom. The number of anilines is 1. The standard InChI is InChI=1S/C14H16BrNOS/c1-16(2)11-5-3-10(4-6-11)13(17)9-12-7-8-14(15)18-12/h3-8,13,17H,9H2,1-2H3. The fraction of sp³-hybridized carbons (Fsp3) is 0.286. The fourth-order valence-corrected chi connectivity index (χ4v) is 3.28. The number of halogens is 1. The van der Waals surface area contributed by atoms with Crippen LogP contribution in [0.15, 0.2) is 40.2 Å². The zero-order valence-electron chi connectivity index (χ0n) is 10.4. The van der Waals surface area contributed by atoms with E-state index in [4.69, 9.17) is 0 Å². The summed E-state index contributed by atoms with van der Waals surface area (Å²) in [5.41, 5.74) is 2.11.